The second-order valence-electron chi connectivity index (χ2n) is 11.1. The van der Waals surface area contributed by atoms with Crippen LogP contribution in [0.25, 0.3) is 22.3 Å². The predicted octanol–water partition coefficient (Wildman–Crippen LogP) is 7.86. The van der Waals surface area contributed by atoms with Crippen LogP contribution in [0.4, 0.5) is 0 Å². The molecule has 0 spiro atoms. The van der Waals surface area contributed by atoms with Gasteiger partial charge in [-0.1, -0.05) is 122 Å². The van der Waals surface area contributed by atoms with Crippen LogP contribution in [0.2, 0.25) is 0 Å². The van der Waals surface area contributed by atoms with Gasteiger partial charge in [-0.05, 0) is 57.6 Å². The lowest BCUT2D eigenvalue weighted by molar-refractivity contribution is -0.159. The number of benzene rings is 5. The lowest BCUT2D eigenvalue weighted by Crippen LogP contribution is -2.26. The summed E-state index contributed by atoms with van der Waals surface area (Å²) in [6, 6.07) is 40.9. The molecule has 0 aromatic heterocycles. The van der Waals surface area contributed by atoms with Crippen LogP contribution in [0.3, 0.4) is 0 Å². The van der Waals surface area contributed by atoms with Gasteiger partial charge in [0.2, 0.25) is 0 Å². The largest absolute Gasteiger partial charge is 0.492 e. The first-order valence-corrected chi connectivity index (χ1v) is 15.8. The minimum Gasteiger partial charge on any atom is -0.492 e. The lowest BCUT2D eigenvalue weighted by atomic mass is 9.92. The van der Waals surface area contributed by atoms with Crippen molar-refractivity contribution >= 4 is 23.9 Å². The van der Waals surface area contributed by atoms with E-state index in [1.165, 1.54) is 0 Å². The van der Waals surface area contributed by atoms with Gasteiger partial charge in [-0.2, -0.15) is 0 Å². The predicted molar refractivity (Wildman–Crippen MR) is 189 cm³/mol. The van der Waals surface area contributed by atoms with Gasteiger partial charge in [-0.25, -0.2) is 9.59 Å². The number of esters is 4. The van der Waals surface area contributed by atoms with Crippen molar-refractivity contribution < 1.29 is 38.1 Å². The van der Waals surface area contributed by atoms with E-state index in [4.69, 9.17) is 18.9 Å². The zero-order valence-electron chi connectivity index (χ0n) is 27.1. The van der Waals surface area contributed by atoms with E-state index in [2.05, 4.69) is 13.2 Å². The molecule has 8 heteroatoms. The van der Waals surface area contributed by atoms with E-state index in [1.807, 2.05) is 84.9 Å². The summed E-state index contributed by atoms with van der Waals surface area (Å²) < 4.78 is 22.0. The second-order valence-corrected chi connectivity index (χ2v) is 11.1. The van der Waals surface area contributed by atoms with Gasteiger partial charge in [0.1, 0.15) is 36.5 Å². The molecule has 0 saturated heterocycles. The number of hydrogen-bond donors (Lipinski definition) is 0. The van der Waals surface area contributed by atoms with E-state index in [1.54, 1.807) is 48.5 Å². The Morgan fingerprint density at radius 2 is 0.840 bits per heavy atom. The van der Waals surface area contributed by atoms with Gasteiger partial charge in [0, 0.05) is 12.2 Å². The topological polar surface area (TPSA) is 105 Å². The first kappa shape index (κ1) is 34.8. The molecule has 2 unspecified atom stereocenters. The van der Waals surface area contributed by atoms with Gasteiger partial charge in [-0.15, -0.1) is 0 Å². The first-order chi connectivity index (χ1) is 24.3. The SMILES string of the molecule is C=CC(=O)OC(=O)C(COc1ccc(-c2ccccc2)cc1)c1cccc(C(COc2ccc(-c3ccccc3)cc2)C(=O)OC(=O)C=C)c1. The van der Waals surface area contributed by atoms with Gasteiger partial charge in [-0.3, -0.25) is 9.59 Å². The molecular weight excluding hydrogens is 632 g/mol. The summed E-state index contributed by atoms with van der Waals surface area (Å²) in [5.74, 6) is -4.75. The van der Waals surface area contributed by atoms with Crippen molar-refractivity contribution in [2.45, 2.75) is 11.8 Å². The van der Waals surface area contributed by atoms with Crippen LogP contribution < -0.4 is 9.47 Å². The molecule has 0 heterocycles. The van der Waals surface area contributed by atoms with E-state index < -0.39 is 35.7 Å². The van der Waals surface area contributed by atoms with Crippen LogP contribution >= 0.6 is 0 Å². The molecule has 0 aliphatic rings. The Labute approximate surface area is 290 Å². The number of hydrogen-bond acceptors (Lipinski definition) is 8. The summed E-state index contributed by atoms with van der Waals surface area (Å²) in [5, 5.41) is 0. The van der Waals surface area contributed by atoms with Crippen LogP contribution in [0.15, 0.2) is 159 Å². The molecule has 0 saturated carbocycles. The Hall–Kier alpha value is -6.54. The summed E-state index contributed by atoms with van der Waals surface area (Å²) in [6.07, 6.45) is 1.78. The van der Waals surface area contributed by atoms with Gasteiger partial charge in [0.05, 0.1) is 0 Å². The van der Waals surface area contributed by atoms with E-state index in [9.17, 15) is 19.2 Å². The van der Waals surface area contributed by atoms with E-state index in [0.29, 0.717) is 22.6 Å². The van der Waals surface area contributed by atoms with Gasteiger partial charge in [0.15, 0.2) is 0 Å². The average Bonchev–Trinajstić information content (AvgIpc) is 3.16. The molecule has 5 aromatic carbocycles. The van der Waals surface area contributed by atoms with Crippen molar-refractivity contribution in [1.29, 1.82) is 0 Å². The Morgan fingerprint density at radius 3 is 1.20 bits per heavy atom. The quantitative estimate of drug-likeness (QED) is 0.0670. The van der Waals surface area contributed by atoms with Crippen LogP contribution in [0.1, 0.15) is 23.0 Å². The minimum atomic E-state index is -1.08. The monoisotopic (exact) mass is 666 g/mol. The highest BCUT2D eigenvalue weighted by molar-refractivity contribution is 5.95. The van der Waals surface area contributed by atoms with Crippen molar-refractivity contribution in [3.8, 4) is 33.8 Å². The number of ether oxygens (including phenoxy) is 4. The zero-order chi connectivity index (χ0) is 35.3. The van der Waals surface area contributed by atoms with Crippen LogP contribution in [0, 0.1) is 0 Å². The van der Waals surface area contributed by atoms with E-state index in [-0.39, 0.29) is 13.2 Å². The maximum absolute atomic E-state index is 13.3. The average molecular weight is 667 g/mol. The molecule has 0 amide bonds. The lowest BCUT2D eigenvalue weighted by Gasteiger charge is -2.20. The number of carbonyl (C=O) groups excluding carboxylic acids is 4. The second kappa shape index (κ2) is 17.0. The third kappa shape index (κ3) is 9.29. The summed E-state index contributed by atoms with van der Waals surface area (Å²) in [4.78, 5) is 50.5. The highest BCUT2D eigenvalue weighted by atomic mass is 16.6. The Morgan fingerprint density at radius 1 is 0.480 bits per heavy atom. The summed E-state index contributed by atoms with van der Waals surface area (Å²) in [6.45, 7) is 6.36. The standard InChI is InChI=1S/C42H34O8/c1-3-39(43)49-41(45)37(27-47-35-22-18-31(19-23-35)29-12-7-5-8-13-29)33-16-11-17-34(26-33)38(42(46)50-40(44)4-2)28-48-36-24-20-32(21-25-36)30-14-9-6-10-15-30/h3-26,37-38H,1-2,27-28H2. The molecule has 0 radical (unpaired) electrons. The number of carbonyl (C=O) groups is 4. The van der Waals surface area contributed by atoms with Gasteiger partial charge in [0.25, 0.3) is 0 Å². The minimum absolute atomic E-state index is 0.189. The summed E-state index contributed by atoms with van der Waals surface area (Å²) in [5.41, 5.74) is 4.84. The summed E-state index contributed by atoms with van der Waals surface area (Å²) >= 11 is 0. The van der Waals surface area contributed by atoms with Crippen molar-refractivity contribution in [3.05, 3.63) is 170 Å². The van der Waals surface area contributed by atoms with E-state index in [0.717, 1.165) is 34.4 Å². The highest BCUT2D eigenvalue weighted by Gasteiger charge is 2.29. The maximum Gasteiger partial charge on any atom is 0.337 e. The number of rotatable bonds is 14. The zero-order valence-corrected chi connectivity index (χ0v) is 27.1. The van der Waals surface area contributed by atoms with Crippen molar-refractivity contribution in [3.63, 3.8) is 0 Å². The molecule has 2 atom stereocenters. The molecule has 0 aliphatic heterocycles. The first-order valence-electron chi connectivity index (χ1n) is 15.8. The van der Waals surface area contributed by atoms with E-state index >= 15 is 0 Å². The van der Waals surface area contributed by atoms with Crippen LogP contribution in [-0.4, -0.2) is 37.1 Å². The molecule has 250 valence electrons. The third-order valence-corrected chi connectivity index (χ3v) is 7.78. The summed E-state index contributed by atoms with van der Waals surface area (Å²) in [7, 11) is 0. The van der Waals surface area contributed by atoms with Crippen LogP contribution in [-0.2, 0) is 28.7 Å². The molecule has 50 heavy (non-hydrogen) atoms. The smallest absolute Gasteiger partial charge is 0.337 e. The molecule has 8 nitrogen and oxygen atoms in total. The fraction of sp³-hybridized carbons (Fsp3) is 0.0952. The van der Waals surface area contributed by atoms with Crippen LogP contribution in [0.5, 0.6) is 11.5 Å². The third-order valence-electron chi connectivity index (χ3n) is 7.78. The fourth-order valence-electron chi connectivity index (χ4n) is 5.12. The molecule has 0 N–H and O–H groups in total. The van der Waals surface area contributed by atoms with Crippen molar-refractivity contribution in [2.75, 3.05) is 13.2 Å². The molecule has 0 bridgehead atoms. The van der Waals surface area contributed by atoms with Gasteiger partial charge < -0.3 is 18.9 Å². The highest BCUT2D eigenvalue weighted by Crippen LogP contribution is 2.29. The molecular formula is C42H34O8. The normalized spacial score (nSPS) is 11.7. The Bertz CT molecular complexity index is 1810. The Balaban J connectivity index is 1.38. The maximum atomic E-state index is 13.3. The fourth-order valence-corrected chi connectivity index (χ4v) is 5.12. The molecule has 0 aliphatic carbocycles. The van der Waals surface area contributed by atoms with Crippen molar-refractivity contribution in [2.24, 2.45) is 0 Å². The van der Waals surface area contributed by atoms with Crippen molar-refractivity contribution in [1.82, 2.24) is 0 Å². The van der Waals surface area contributed by atoms with Gasteiger partial charge >= 0.3 is 23.9 Å². The molecule has 5 aromatic rings. The molecule has 5 rings (SSSR count). The Kier molecular flexibility index (Phi) is 11.8. The molecule has 0 fully saturated rings.